The van der Waals surface area contributed by atoms with Crippen LogP contribution in [0.25, 0.3) is 0 Å². The van der Waals surface area contributed by atoms with Crippen LogP contribution in [0.1, 0.15) is 122 Å². The predicted octanol–water partition coefficient (Wildman–Crippen LogP) is 8.22. The van der Waals surface area contributed by atoms with Gasteiger partial charge in [0.05, 0.1) is 11.5 Å². The summed E-state index contributed by atoms with van der Waals surface area (Å²) in [5, 5.41) is 0. The average Bonchev–Trinajstić information content (AvgIpc) is 2.74. The summed E-state index contributed by atoms with van der Waals surface area (Å²) < 4.78 is 30.6. The minimum Gasteiger partial charge on any atom is -0.266 e. The van der Waals surface area contributed by atoms with Crippen molar-refractivity contribution < 1.29 is 12.6 Å². The number of unbranched alkanes of at least 4 members (excludes halogenated alkanes) is 14. The highest BCUT2D eigenvalue weighted by Crippen LogP contribution is 2.21. The Balaban J connectivity index is 2.28. The van der Waals surface area contributed by atoms with Crippen LogP contribution in [0, 0.1) is 0 Å². The fourth-order valence-electron chi connectivity index (χ4n) is 3.87. The molecule has 1 aromatic carbocycles. The van der Waals surface area contributed by atoms with E-state index in [2.05, 4.69) is 13.8 Å². The van der Waals surface area contributed by atoms with E-state index in [0.29, 0.717) is 11.5 Å². The van der Waals surface area contributed by atoms with Crippen LogP contribution in [0.4, 0.5) is 0 Å². The Kier molecular flexibility index (Phi) is 16.1. The fourth-order valence-corrected chi connectivity index (χ4v) is 5.07. The minimum absolute atomic E-state index is 0.293. The van der Waals surface area contributed by atoms with Gasteiger partial charge in [-0.05, 0) is 30.9 Å². The summed E-state index contributed by atoms with van der Waals surface area (Å²) in [6.07, 6.45) is 20.4. The van der Waals surface area contributed by atoms with Gasteiger partial charge in [-0.3, -0.25) is 4.18 Å². The van der Waals surface area contributed by atoms with E-state index in [0.717, 1.165) is 37.7 Å². The van der Waals surface area contributed by atoms with E-state index in [4.69, 9.17) is 4.18 Å². The van der Waals surface area contributed by atoms with Crippen molar-refractivity contribution in [1.82, 2.24) is 0 Å². The lowest BCUT2D eigenvalue weighted by molar-refractivity contribution is 0.306. The Labute approximate surface area is 187 Å². The average molecular weight is 439 g/mol. The van der Waals surface area contributed by atoms with E-state index in [1.54, 1.807) is 12.1 Å². The maximum absolute atomic E-state index is 12.6. The van der Waals surface area contributed by atoms with E-state index in [-0.39, 0.29) is 0 Å². The maximum Gasteiger partial charge on any atom is 0.297 e. The Morgan fingerprint density at radius 2 is 1.10 bits per heavy atom. The molecule has 0 aromatic heterocycles. The van der Waals surface area contributed by atoms with Gasteiger partial charge in [0.15, 0.2) is 0 Å². The molecule has 0 unspecified atom stereocenters. The summed E-state index contributed by atoms with van der Waals surface area (Å²) in [7, 11) is -3.65. The van der Waals surface area contributed by atoms with Crippen molar-refractivity contribution in [1.29, 1.82) is 0 Å². The monoisotopic (exact) mass is 438 g/mol. The number of rotatable bonds is 20. The Morgan fingerprint density at radius 3 is 1.67 bits per heavy atom. The molecule has 0 bridgehead atoms. The maximum atomic E-state index is 12.6. The second-order valence-electron chi connectivity index (χ2n) is 8.58. The molecule has 1 rings (SSSR count). The molecule has 174 valence electrons. The minimum atomic E-state index is -3.65. The predicted molar refractivity (Wildman–Crippen MR) is 129 cm³/mol. The van der Waals surface area contributed by atoms with Gasteiger partial charge in [0.25, 0.3) is 10.1 Å². The molecular weight excluding hydrogens is 392 g/mol. The summed E-state index contributed by atoms with van der Waals surface area (Å²) >= 11 is 0. The molecule has 0 heterocycles. The summed E-state index contributed by atoms with van der Waals surface area (Å²) in [5.74, 6) is 0. The molecule has 0 aliphatic carbocycles. The van der Waals surface area contributed by atoms with Crippen molar-refractivity contribution >= 4 is 10.1 Å². The van der Waals surface area contributed by atoms with Gasteiger partial charge in [0.1, 0.15) is 0 Å². The first kappa shape index (κ1) is 27.2. The van der Waals surface area contributed by atoms with E-state index >= 15 is 0 Å². The molecule has 0 saturated carbocycles. The SMILES string of the molecule is CCCCCCCCCCCCc1ccccc1S(=O)(=O)OCCCCCCCC. The first-order valence-electron chi connectivity index (χ1n) is 12.6. The quantitative estimate of drug-likeness (QED) is 0.152. The fraction of sp³-hybridized carbons (Fsp3) is 0.769. The van der Waals surface area contributed by atoms with Crippen LogP contribution in [0.15, 0.2) is 29.2 Å². The zero-order valence-corrected chi connectivity index (χ0v) is 20.5. The van der Waals surface area contributed by atoms with E-state index in [9.17, 15) is 8.42 Å². The molecule has 1 aromatic rings. The summed E-state index contributed by atoms with van der Waals surface area (Å²) in [4.78, 5) is 0.368. The van der Waals surface area contributed by atoms with Crippen LogP contribution < -0.4 is 0 Å². The lowest BCUT2D eigenvalue weighted by Crippen LogP contribution is -2.10. The Bertz CT molecular complexity index is 625. The third-order valence-corrected chi connectivity index (χ3v) is 7.19. The van der Waals surface area contributed by atoms with E-state index in [1.165, 1.54) is 77.0 Å². The Hall–Kier alpha value is -0.870. The normalized spacial score (nSPS) is 11.8. The molecule has 0 atom stereocenters. The van der Waals surface area contributed by atoms with Crippen molar-refractivity contribution in [2.45, 2.75) is 128 Å². The van der Waals surface area contributed by atoms with Gasteiger partial charge in [-0.15, -0.1) is 0 Å². The molecule has 0 spiro atoms. The third-order valence-electron chi connectivity index (χ3n) is 5.78. The van der Waals surface area contributed by atoms with Gasteiger partial charge in [-0.2, -0.15) is 8.42 Å². The van der Waals surface area contributed by atoms with E-state index in [1.807, 2.05) is 12.1 Å². The second kappa shape index (κ2) is 17.8. The lowest BCUT2D eigenvalue weighted by Gasteiger charge is -2.11. The Morgan fingerprint density at radius 1 is 0.633 bits per heavy atom. The van der Waals surface area contributed by atoms with Crippen LogP contribution in [0.2, 0.25) is 0 Å². The largest absolute Gasteiger partial charge is 0.297 e. The zero-order chi connectivity index (χ0) is 21.9. The smallest absolute Gasteiger partial charge is 0.266 e. The molecule has 0 fully saturated rings. The molecule has 30 heavy (non-hydrogen) atoms. The van der Waals surface area contributed by atoms with Crippen LogP contribution >= 0.6 is 0 Å². The summed E-state index contributed by atoms with van der Waals surface area (Å²) in [6.45, 7) is 4.74. The first-order valence-corrected chi connectivity index (χ1v) is 14.0. The zero-order valence-electron chi connectivity index (χ0n) is 19.7. The highest BCUT2D eigenvalue weighted by Gasteiger charge is 2.18. The molecule has 0 radical (unpaired) electrons. The highest BCUT2D eigenvalue weighted by molar-refractivity contribution is 7.86. The van der Waals surface area contributed by atoms with E-state index < -0.39 is 10.1 Å². The number of aryl methyl sites for hydroxylation is 1. The molecule has 4 heteroatoms. The first-order chi connectivity index (χ1) is 14.6. The number of hydrogen-bond acceptors (Lipinski definition) is 3. The van der Waals surface area contributed by atoms with Gasteiger partial charge in [-0.25, -0.2) is 0 Å². The van der Waals surface area contributed by atoms with Gasteiger partial charge < -0.3 is 0 Å². The second-order valence-corrected chi connectivity index (χ2v) is 10.2. The molecule has 3 nitrogen and oxygen atoms in total. The van der Waals surface area contributed by atoms with Gasteiger partial charge >= 0.3 is 0 Å². The van der Waals surface area contributed by atoms with Gasteiger partial charge in [0, 0.05) is 0 Å². The van der Waals surface area contributed by atoms with Crippen molar-refractivity contribution in [2.75, 3.05) is 6.61 Å². The van der Waals surface area contributed by atoms with Crippen LogP contribution in [0.3, 0.4) is 0 Å². The molecule has 0 aliphatic heterocycles. The molecule has 0 N–H and O–H groups in total. The molecule has 0 aliphatic rings. The van der Waals surface area contributed by atoms with Crippen molar-refractivity contribution in [3.63, 3.8) is 0 Å². The number of benzene rings is 1. The van der Waals surface area contributed by atoms with Crippen molar-refractivity contribution in [2.24, 2.45) is 0 Å². The summed E-state index contributed by atoms with van der Waals surface area (Å²) in [6, 6.07) is 7.36. The third kappa shape index (κ3) is 12.7. The van der Waals surface area contributed by atoms with Crippen LogP contribution in [-0.2, 0) is 20.7 Å². The highest BCUT2D eigenvalue weighted by atomic mass is 32.2. The van der Waals surface area contributed by atoms with Crippen molar-refractivity contribution in [3.8, 4) is 0 Å². The summed E-state index contributed by atoms with van der Waals surface area (Å²) in [5.41, 5.74) is 0.903. The van der Waals surface area contributed by atoms with Gasteiger partial charge in [0.2, 0.25) is 0 Å². The topological polar surface area (TPSA) is 43.4 Å². The van der Waals surface area contributed by atoms with Crippen molar-refractivity contribution in [3.05, 3.63) is 29.8 Å². The van der Waals surface area contributed by atoms with Crippen LogP contribution in [-0.4, -0.2) is 15.0 Å². The molecular formula is C26H46O3S. The van der Waals surface area contributed by atoms with Crippen LogP contribution in [0.5, 0.6) is 0 Å². The lowest BCUT2D eigenvalue weighted by atomic mass is 10.0. The standard InChI is InChI=1S/C26H46O3S/c1-3-5-7-9-11-12-13-14-15-17-21-25-22-18-19-23-26(25)30(27,28)29-24-20-16-10-8-6-4-2/h18-19,22-23H,3-17,20-21,24H2,1-2H3. The number of hydrogen-bond donors (Lipinski definition) is 0. The van der Waals surface area contributed by atoms with Gasteiger partial charge in [-0.1, -0.05) is 122 Å². The molecule has 0 amide bonds. The molecule has 0 saturated heterocycles.